The second kappa shape index (κ2) is 5.52. The number of benzene rings is 1. The summed E-state index contributed by atoms with van der Waals surface area (Å²) < 4.78 is 12.0. The molecule has 0 radical (unpaired) electrons. The summed E-state index contributed by atoms with van der Waals surface area (Å²) in [5.74, 6) is 0.445. The van der Waals surface area contributed by atoms with Crippen LogP contribution in [0.25, 0.3) is 0 Å². The number of hydrogen-bond acceptors (Lipinski definition) is 3. The number of nitrogens with two attached hydrogens (primary N) is 1. The first-order valence-electron chi connectivity index (χ1n) is 5.20. The lowest BCUT2D eigenvalue weighted by Crippen LogP contribution is -2.12. The summed E-state index contributed by atoms with van der Waals surface area (Å²) in [4.78, 5) is 0.651. The van der Waals surface area contributed by atoms with E-state index in [2.05, 4.69) is 6.07 Å². The van der Waals surface area contributed by atoms with Crippen LogP contribution in [-0.2, 0) is 10.8 Å². The van der Waals surface area contributed by atoms with Crippen molar-refractivity contribution in [1.82, 2.24) is 0 Å². The average molecular weight is 271 g/mol. The Labute approximate surface area is 109 Å². The molecule has 3 nitrogen and oxygen atoms in total. The molecular weight excluding hydrogens is 256 g/mol. The highest BCUT2D eigenvalue weighted by Crippen LogP contribution is 2.24. The van der Waals surface area contributed by atoms with Gasteiger partial charge in [0.25, 0.3) is 0 Å². The zero-order valence-corrected chi connectivity index (χ0v) is 11.4. The van der Waals surface area contributed by atoms with Crippen LogP contribution in [0.2, 0.25) is 5.02 Å². The number of nitrogens with zero attached hydrogens (tertiary/aromatic N) is 1. The Balaban J connectivity index is 2.72. The summed E-state index contributed by atoms with van der Waals surface area (Å²) >= 11 is 5.86. The van der Waals surface area contributed by atoms with Crippen molar-refractivity contribution in [2.45, 2.75) is 25.2 Å². The SMILES string of the molecule is CC(C)(C#N)CCS(=O)c1ccc(N)c(Cl)c1. The molecule has 1 aromatic rings. The highest BCUT2D eigenvalue weighted by atomic mass is 35.5. The Hall–Kier alpha value is -1.05. The smallest absolute Gasteiger partial charge is 0.0684 e. The monoisotopic (exact) mass is 270 g/mol. The predicted molar refractivity (Wildman–Crippen MR) is 71.2 cm³/mol. The third kappa shape index (κ3) is 4.03. The first-order chi connectivity index (χ1) is 7.85. The van der Waals surface area contributed by atoms with Crippen LogP contribution in [0.5, 0.6) is 0 Å². The number of halogens is 1. The molecule has 0 bridgehead atoms. The van der Waals surface area contributed by atoms with Crippen LogP contribution >= 0.6 is 11.6 Å². The summed E-state index contributed by atoms with van der Waals surface area (Å²) in [7, 11) is -1.14. The molecule has 5 heteroatoms. The lowest BCUT2D eigenvalue weighted by molar-refractivity contribution is 0.479. The minimum atomic E-state index is -1.14. The summed E-state index contributed by atoms with van der Waals surface area (Å²) in [6, 6.07) is 7.15. The summed E-state index contributed by atoms with van der Waals surface area (Å²) in [5, 5.41) is 9.28. The van der Waals surface area contributed by atoms with Crippen LogP contribution in [0, 0.1) is 16.7 Å². The van der Waals surface area contributed by atoms with E-state index in [9.17, 15) is 4.21 Å². The molecule has 1 rings (SSSR count). The average Bonchev–Trinajstić information content (AvgIpc) is 2.30. The normalized spacial score (nSPS) is 13.1. The maximum Gasteiger partial charge on any atom is 0.0684 e. The number of nitrogen functional groups attached to an aromatic ring is 1. The standard InChI is InChI=1S/C12H15ClN2OS/c1-12(2,8-14)5-6-17(16)9-3-4-11(15)10(13)7-9/h3-4,7H,5-6,15H2,1-2H3. The molecule has 1 atom stereocenters. The van der Waals surface area contributed by atoms with Crippen molar-refractivity contribution < 1.29 is 4.21 Å². The molecule has 0 aliphatic carbocycles. The number of hydrogen-bond donors (Lipinski definition) is 1. The Morgan fingerprint density at radius 3 is 2.71 bits per heavy atom. The molecule has 0 aliphatic rings. The van der Waals surface area contributed by atoms with Crippen LogP contribution in [0.3, 0.4) is 0 Å². The Morgan fingerprint density at radius 1 is 1.53 bits per heavy atom. The Kier molecular flexibility index (Phi) is 4.55. The predicted octanol–water partition coefficient (Wildman–Crippen LogP) is 2.97. The van der Waals surface area contributed by atoms with Gasteiger partial charge < -0.3 is 5.73 Å². The van der Waals surface area contributed by atoms with Gasteiger partial charge in [-0.1, -0.05) is 11.6 Å². The molecular formula is C12H15ClN2OS. The Bertz CT molecular complexity index is 480. The minimum absolute atomic E-state index is 0.412. The Morgan fingerprint density at radius 2 is 2.18 bits per heavy atom. The van der Waals surface area contributed by atoms with Crippen molar-refractivity contribution in [2.75, 3.05) is 11.5 Å². The number of rotatable bonds is 4. The maximum absolute atomic E-state index is 12.0. The summed E-state index contributed by atoms with van der Waals surface area (Å²) in [5.41, 5.74) is 5.61. The van der Waals surface area contributed by atoms with Crippen LogP contribution in [0.1, 0.15) is 20.3 Å². The molecule has 0 saturated heterocycles. The second-order valence-electron chi connectivity index (χ2n) is 4.48. The first kappa shape index (κ1) is 14.0. The topological polar surface area (TPSA) is 66.9 Å². The lowest BCUT2D eigenvalue weighted by Gasteiger charge is -2.14. The quantitative estimate of drug-likeness (QED) is 0.856. The molecule has 0 saturated carbocycles. The van der Waals surface area contributed by atoms with E-state index >= 15 is 0 Å². The molecule has 92 valence electrons. The molecule has 0 spiro atoms. The fourth-order valence-corrected chi connectivity index (χ4v) is 2.82. The second-order valence-corrected chi connectivity index (χ2v) is 6.46. The van der Waals surface area contributed by atoms with E-state index in [1.54, 1.807) is 18.2 Å². The van der Waals surface area contributed by atoms with Crippen molar-refractivity contribution in [3.8, 4) is 6.07 Å². The number of anilines is 1. The lowest BCUT2D eigenvalue weighted by atomic mass is 9.93. The largest absolute Gasteiger partial charge is 0.398 e. The van der Waals surface area contributed by atoms with Crippen molar-refractivity contribution in [1.29, 1.82) is 5.26 Å². The summed E-state index contributed by atoms with van der Waals surface area (Å²) in [6.07, 6.45) is 0.581. The third-order valence-electron chi connectivity index (χ3n) is 2.45. The van der Waals surface area contributed by atoms with Crippen LogP contribution in [-0.4, -0.2) is 9.96 Å². The fraction of sp³-hybridized carbons (Fsp3) is 0.417. The van der Waals surface area contributed by atoms with Gasteiger partial charge in [-0.2, -0.15) is 5.26 Å². The molecule has 0 amide bonds. The molecule has 17 heavy (non-hydrogen) atoms. The van der Waals surface area contributed by atoms with Crippen LogP contribution in [0.4, 0.5) is 5.69 Å². The van der Waals surface area contributed by atoms with E-state index in [0.717, 1.165) is 0 Å². The van der Waals surface area contributed by atoms with E-state index < -0.39 is 16.2 Å². The van der Waals surface area contributed by atoms with E-state index in [1.807, 2.05) is 13.8 Å². The van der Waals surface area contributed by atoms with E-state index in [1.165, 1.54) is 0 Å². The van der Waals surface area contributed by atoms with Crippen LogP contribution in [0.15, 0.2) is 23.1 Å². The fourth-order valence-electron chi connectivity index (χ4n) is 1.17. The summed E-state index contributed by atoms with van der Waals surface area (Å²) in [6.45, 7) is 3.67. The van der Waals surface area contributed by atoms with E-state index in [0.29, 0.717) is 27.8 Å². The van der Waals surface area contributed by atoms with E-state index in [-0.39, 0.29) is 0 Å². The van der Waals surface area contributed by atoms with Gasteiger partial charge in [-0.3, -0.25) is 4.21 Å². The molecule has 0 heterocycles. The maximum atomic E-state index is 12.0. The molecule has 1 unspecified atom stereocenters. The molecule has 0 aromatic heterocycles. The molecule has 2 N–H and O–H groups in total. The zero-order chi connectivity index (χ0) is 13.1. The van der Waals surface area contributed by atoms with Gasteiger partial charge in [0.15, 0.2) is 0 Å². The van der Waals surface area contributed by atoms with Gasteiger partial charge in [0.1, 0.15) is 0 Å². The van der Waals surface area contributed by atoms with Gasteiger partial charge in [0.2, 0.25) is 0 Å². The molecule has 0 aliphatic heterocycles. The van der Waals surface area contributed by atoms with Crippen molar-refractivity contribution in [3.05, 3.63) is 23.2 Å². The number of nitriles is 1. The van der Waals surface area contributed by atoms with Crippen molar-refractivity contribution in [3.63, 3.8) is 0 Å². The minimum Gasteiger partial charge on any atom is -0.398 e. The van der Waals surface area contributed by atoms with Gasteiger partial charge >= 0.3 is 0 Å². The van der Waals surface area contributed by atoms with Gasteiger partial charge in [-0.25, -0.2) is 0 Å². The first-order valence-corrected chi connectivity index (χ1v) is 6.90. The molecule has 1 aromatic carbocycles. The zero-order valence-electron chi connectivity index (χ0n) is 9.87. The third-order valence-corrected chi connectivity index (χ3v) is 4.13. The van der Waals surface area contributed by atoms with Gasteiger partial charge in [-0.15, -0.1) is 0 Å². The molecule has 0 fully saturated rings. The van der Waals surface area contributed by atoms with Gasteiger partial charge in [-0.05, 0) is 38.5 Å². The van der Waals surface area contributed by atoms with E-state index in [4.69, 9.17) is 22.6 Å². The highest BCUT2D eigenvalue weighted by Gasteiger charge is 2.18. The van der Waals surface area contributed by atoms with Crippen LogP contribution < -0.4 is 5.73 Å². The van der Waals surface area contributed by atoms with Crippen molar-refractivity contribution in [2.24, 2.45) is 5.41 Å². The van der Waals surface area contributed by atoms with Crippen molar-refractivity contribution >= 4 is 28.1 Å². The van der Waals surface area contributed by atoms with Gasteiger partial charge in [0.05, 0.1) is 33.0 Å². The highest BCUT2D eigenvalue weighted by molar-refractivity contribution is 7.85. The van der Waals surface area contributed by atoms with Gasteiger partial charge in [0, 0.05) is 10.6 Å².